The van der Waals surface area contributed by atoms with Gasteiger partial charge in [0.2, 0.25) is 0 Å². The van der Waals surface area contributed by atoms with Gasteiger partial charge in [-0.2, -0.15) is 0 Å². The van der Waals surface area contributed by atoms with Crippen molar-refractivity contribution in [2.24, 2.45) is 0 Å². The monoisotopic (exact) mass is 217 g/mol. The Hall–Kier alpha value is -1.10. The molecule has 15 heavy (non-hydrogen) atoms. The van der Waals surface area contributed by atoms with Gasteiger partial charge in [-0.1, -0.05) is 0 Å². The van der Waals surface area contributed by atoms with E-state index < -0.39 is 18.2 Å². The summed E-state index contributed by atoms with van der Waals surface area (Å²) in [5.74, 6) is -1.23. The SMILES string of the molecule is CCN(CC)C(=O)C(C)O[C@@H](C)C(=O)O. The van der Waals surface area contributed by atoms with Gasteiger partial charge in [-0.15, -0.1) is 0 Å². The summed E-state index contributed by atoms with van der Waals surface area (Å²) in [6, 6.07) is 0. The van der Waals surface area contributed by atoms with Crippen molar-refractivity contribution in [1.29, 1.82) is 0 Å². The van der Waals surface area contributed by atoms with E-state index in [0.717, 1.165) is 0 Å². The molecule has 0 spiro atoms. The Morgan fingerprint density at radius 2 is 1.67 bits per heavy atom. The highest BCUT2D eigenvalue weighted by Gasteiger charge is 2.23. The molecule has 0 bridgehead atoms. The molecule has 0 aromatic heterocycles. The largest absolute Gasteiger partial charge is 0.479 e. The third-order valence-electron chi connectivity index (χ3n) is 2.18. The number of rotatable bonds is 6. The number of carboxylic acids is 1. The molecule has 0 saturated carbocycles. The van der Waals surface area contributed by atoms with Crippen LogP contribution in [0.25, 0.3) is 0 Å². The molecule has 1 amide bonds. The van der Waals surface area contributed by atoms with Gasteiger partial charge in [0.25, 0.3) is 5.91 Å². The first-order chi connectivity index (χ1) is 6.93. The summed E-state index contributed by atoms with van der Waals surface area (Å²) in [6.07, 6.45) is -1.67. The molecule has 0 saturated heterocycles. The first-order valence-corrected chi connectivity index (χ1v) is 5.11. The smallest absolute Gasteiger partial charge is 0.332 e. The molecule has 0 aromatic rings. The van der Waals surface area contributed by atoms with Gasteiger partial charge in [0.15, 0.2) is 6.10 Å². The summed E-state index contributed by atoms with van der Waals surface area (Å²) >= 11 is 0. The predicted octanol–water partition coefficient (Wildman–Crippen LogP) is 0.733. The van der Waals surface area contributed by atoms with Crippen molar-refractivity contribution < 1.29 is 19.4 Å². The number of nitrogens with zero attached hydrogens (tertiary/aromatic N) is 1. The number of carbonyl (C=O) groups excluding carboxylic acids is 1. The Morgan fingerprint density at radius 3 is 2.00 bits per heavy atom. The number of amides is 1. The Balaban J connectivity index is 4.26. The summed E-state index contributed by atoms with van der Waals surface area (Å²) < 4.78 is 5.07. The lowest BCUT2D eigenvalue weighted by Gasteiger charge is -2.24. The summed E-state index contributed by atoms with van der Waals surface area (Å²) in [5, 5.41) is 8.62. The zero-order valence-corrected chi connectivity index (χ0v) is 9.69. The number of carbonyl (C=O) groups is 2. The lowest BCUT2D eigenvalue weighted by atomic mass is 10.3. The lowest BCUT2D eigenvalue weighted by Crippen LogP contribution is -2.41. The van der Waals surface area contributed by atoms with Crippen molar-refractivity contribution in [3.8, 4) is 0 Å². The zero-order chi connectivity index (χ0) is 12.0. The average molecular weight is 217 g/mol. The number of hydrogen-bond acceptors (Lipinski definition) is 3. The van der Waals surface area contributed by atoms with E-state index in [4.69, 9.17) is 9.84 Å². The van der Waals surface area contributed by atoms with Crippen LogP contribution in [0.5, 0.6) is 0 Å². The third-order valence-corrected chi connectivity index (χ3v) is 2.18. The van der Waals surface area contributed by atoms with E-state index >= 15 is 0 Å². The number of likely N-dealkylation sites (N-methyl/N-ethyl adjacent to an activating group) is 1. The molecular weight excluding hydrogens is 198 g/mol. The second kappa shape index (κ2) is 6.40. The van der Waals surface area contributed by atoms with Crippen molar-refractivity contribution in [2.75, 3.05) is 13.1 Å². The molecule has 5 nitrogen and oxygen atoms in total. The van der Waals surface area contributed by atoms with Gasteiger partial charge in [0.1, 0.15) is 6.10 Å². The minimum Gasteiger partial charge on any atom is -0.479 e. The number of hydrogen-bond donors (Lipinski definition) is 1. The highest BCUT2D eigenvalue weighted by molar-refractivity contribution is 5.81. The second-order valence-corrected chi connectivity index (χ2v) is 3.27. The van der Waals surface area contributed by atoms with Crippen molar-refractivity contribution >= 4 is 11.9 Å². The van der Waals surface area contributed by atoms with Crippen LogP contribution in [-0.4, -0.2) is 47.2 Å². The fourth-order valence-electron chi connectivity index (χ4n) is 1.21. The highest BCUT2D eigenvalue weighted by atomic mass is 16.5. The standard InChI is InChI=1S/C10H19NO4/c1-5-11(6-2)9(12)7(3)15-8(4)10(13)14/h7-8H,5-6H2,1-4H3,(H,13,14)/t7?,8-/m0/s1. The third kappa shape index (κ3) is 4.29. The minimum absolute atomic E-state index is 0.173. The Labute approximate surface area is 90.0 Å². The lowest BCUT2D eigenvalue weighted by molar-refractivity contribution is -0.159. The van der Waals surface area contributed by atoms with Gasteiger partial charge in [-0.25, -0.2) is 4.79 Å². The highest BCUT2D eigenvalue weighted by Crippen LogP contribution is 2.03. The minimum atomic E-state index is -1.06. The second-order valence-electron chi connectivity index (χ2n) is 3.27. The van der Waals surface area contributed by atoms with Gasteiger partial charge < -0.3 is 14.7 Å². The van der Waals surface area contributed by atoms with Gasteiger partial charge in [0, 0.05) is 13.1 Å². The molecule has 88 valence electrons. The van der Waals surface area contributed by atoms with Crippen LogP contribution in [0, 0.1) is 0 Å². The number of carboxylic acid groups (broad SMARTS) is 1. The van der Waals surface area contributed by atoms with Gasteiger partial charge in [0.05, 0.1) is 0 Å². The molecule has 1 unspecified atom stereocenters. The predicted molar refractivity (Wildman–Crippen MR) is 55.6 cm³/mol. The van der Waals surface area contributed by atoms with E-state index in [1.807, 2.05) is 13.8 Å². The van der Waals surface area contributed by atoms with Gasteiger partial charge >= 0.3 is 5.97 Å². The Kier molecular flexibility index (Phi) is 5.93. The maximum Gasteiger partial charge on any atom is 0.332 e. The average Bonchev–Trinajstić information content (AvgIpc) is 2.19. The molecule has 0 radical (unpaired) electrons. The molecule has 1 N–H and O–H groups in total. The fourth-order valence-corrected chi connectivity index (χ4v) is 1.21. The van der Waals surface area contributed by atoms with E-state index in [1.54, 1.807) is 11.8 Å². The van der Waals surface area contributed by atoms with Crippen molar-refractivity contribution in [1.82, 2.24) is 4.90 Å². The maximum atomic E-state index is 11.7. The molecule has 2 atom stereocenters. The normalized spacial score (nSPS) is 14.4. The summed E-state index contributed by atoms with van der Waals surface area (Å²) in [6.45, 7) is 7.92. The quantitative estimate of drug-likeness (QED) is 0.712. The van der Waals surface area contributed by atoms with Crippen LogP contribution in [0.1, 0.15) is 27.7 Å². The summed E-state index contributed by atoms with van der Waals surface area (Å²) in [5.41, 5.74) is 0. The van der Waals surface area contributed by atoms with E-state index in [0.29, 0.717) is 13.1 Å². The Bertz CT molecular complexity index is 225. The van der Waals surface area contributed by atoms with Crippen LogP contribution >= 0.6 is 0 Å². The Morgan fingerprint density at radius 1 is 1.20 bits per heavy atom. The van der Waals surface area contributed by atoms with Crippen LogP contribution in [0.2, 0.25) is 0 Å². The molecular formula is C10H19NO4. The molecule has 0 heterocycles. The van der Waals surface area contributed by atoms with Crippen LogP contribution < -0.4 is 0 Å². The van der Waals surface area contributed by atoms with Gasteiger partial charge in [-0.3, -0.25) is 4.79 Å². The summed E-state index contributed by atoms with van der Waals surface area (Å²) in [7, 11) is 0. The zero-order valence-electron chi connectivity index (χ0n) is 9.69. The summed E-state index contributed by atoms with van der Waals surface area (Å²) in [4.78, 5) is 23.8. The fraction of sp³-hybridized carbons (Fsp3) is 0.800. The van der Waals surface area contributed by atoms with Crippen molar-refractivity contribution in [3.05, 3.63) is 0 Å². The first-order valence-electron chi connectivity index (χ1n) is 5.11. The van der Waals surface area contributed by atoms with Crippen LogP contribution in [0.3, 0.4) is 0 Å². The van der Waals surface area contributed by atoms with Crippen LogP contribution in [0.4, 0.5) is 0 Å². The maximum absolute atomic E-state index is 11.7. The molecule has 0 fully saturated rings. The molecule has 0 aliphatic heterocycles. The molecule has 0 rings (SSSR count). The number of aliphatic carboxylic acids is 1. The first kappa shape index (κ1) is 13.9. The number of ether oxygens (including phenoxy) is 1. The van der Waals surface area contributed by atoms with E-state index in [9.17, 15) is 9.59 Å². The van der Waals surface area contributed by atoms with E-state index in [1.165, 1.54) is 6.92 Å². The van der Waals surface area contributed by atoms with Crippen molar-refractivity contribution in [2.45, 2.75) is 39.9 Å². The molecule has 0 aliphatic rings. The van der Waals surface area contributed by atoms with Crippen LogP contribution in [-0.2, 0) is 14.3 Å². The van der Waals surface area contributed by atoms with E-state index in [2.05, 4.69) is 0 Å². The molecule has 0 aromatic carbocycles. The van der Waals surface area contributed by atoms with Crippen LogP contribution in [0.15, 0.2) is 0 Å². The molecule has 0 aliphatic carbocycles. The van der Waals surface area contributed by atoms with Gasteiger partial charge in [-0.05, 0) is 27.7 Å². The topological polar surface area (TPSA) is 66.8 Å². The van der Waals surface area contributed by atoms with E-state index in [-0.39, 0.29) is 5.91 Å². The van der Waals surface area contributed by atoms with Crippen molar-refractivity contribution in [3.63, 3.8) is 0 Å². The molecule has 5 heteroatoms.